The van der Waals surface area contributed by atoms with Gasteiger partial charge in [-0.1, -0.05) is 18.2 Å². The quantitative estimate of drug-likeness (QED) is 0.703. The van der Waals surface area contributed by atoms with Gasteiger partial charge in [0.15, 0.2) is 0 Å². The second kappa shape index (κ2) is 8.59. The lowest BCUT2D eigenvalue weighted by Crippen LogP contribution is -2.48. The van der Waals surface area contributed by atoms with Gasteiger partial charge >= 0.3 is 0 Å². The number of nitrogens with one attached hydrogen (secondary N) is 1. The van der Waals surface area contributed by atoms with Gasteiger partial charge < -0.3 is 19.4 Å². The van der Waals surface area contributed by atoms with Crippen LogP contribution < -0.4 is 15.0 Å². The summed E-state index contributed by atoms with van der Waals surface area (Å²) in [5.41, 5.74) is 1.15. The zero-order chi connectivity index (χ0) is 21.1. The van der Waals surface area contributed by atoms with E-state index >= 15 is 0 Å². The van der Waals surface area contributed by atoms with E-state index in [1.807, 2.05) is 36.4 Å². The standard InChI is InChI=1S/C23H25N3O4/c1-29-18-7-8-21(30-2)17(13-18)15-25-9-11-26(12-10-25)23(28)20-14-16-5-3-4-6-19(16)22(27)24-20/h3-8,13-14H,9-12,15H2,1-2H3,(H,24,27). The number of H-pyrrole nitrogens is 1. The highest BCUT2D eigenvalue weighted by molar-refractivity contribution is 5.96. The number of benzene rings is 2. The molecule has 156 valence electrons. The molecule has 0 spiro atoms. The highest BCUT2D eigenvalue weighted by atomic mass is 16.5. The molecule has 0 bridgehead atoms. The maximum absolute atomic E-state index is 12.9. The number of hydrogen-bond donors (Lipinski definition) is 1. The summed E-state index contributed by atoms with van der Waals surface area (Å²) in [6, 6.07) is 14.8. The summed E-state index contributed by atoms with van der Waals surface area (Å²) >= 11 is 0. The van der Waals surface area contributed by atoms with Crippen molar-refractivity contribution < 1.29 is 14.3 Å². The lowest BCUT2D eigenvalue weighted by atomic mass is 10.1. The van der Waals surface area contributed by atoms with E-state index in [1.165, 1.54) is 0 Å². The second-order valence-electron chi connectivity index (χ2n) is 7.35. The molecule has 1 aliphatic heterocycles. The van der Waals surface area contributed by atoms with Crippen molar-refractivity contribution in [2.24, 2.45) is 0 Å². The van der Waals surface area contributed by atoms with Crippen LogP contribution in [-0.2, 0) is 6.54 Å². The maximum Gasteiger partial charge on any atom is 0.270 e. The minimum absolute atomic E-state index is 0.142. The Morgan fingerprint density at radius 3 is 2.50 bits per heavy atom. The van der Waals surface area contributed by atoms with Crippen molar-refractivity contribution >= 4 is 16.7 Å². The molecule has 1 fully saturated rings. The number of pyridine rings is 1. The molecule has 2 heterocycles. The fourth-order valence-electron chi connectivity index (χ4n) is 3.85. The van der Waals surface area contributed by atoms with Gasteiger partial charge in [0.2, 0.25) is 0 Å². The molecule has 0 aliphatic carbocycles. The number of ether oxygens (including phenoxy) is 2. The minimum Gasteiger partial charge on any atom is -0.497 e. The van der Waals surface area contributed by atoms with Gasteiger partial charge in [0.25, 0.3) is 11.5 Å². The van der Waals surface area contributed by atoms with E-state index in [-0.39, 0.29) is 11.5 Å². The van der Waals surface area contributed by atoms with Crippen LogP contribution >= 0.6 is 0 Å². The molecule has 0 saturated carbocycles. The average Bonchev–Trinajstić information content (AvgIpc) is 2.79. The molecule has 1 N–H and O–H groups in total. The summed E-state index contributed by atoms with van der Waals surface area (Å²) in [6.45, 7) is 3.39. The lowest BCUT2D eigenvalue weighted by Gasteiger charge is -2.35. The number of rotatable bonds is 5. The normalized spacial score (nSPS) is 14.7. The molecular formula is C23H25N3O4. The van der Waals surface area contributed by atoms with Crippen LogP contribution in [0.15, 0.2) is 53.3 Å². The van der Waals surface area contributed by atoms with Gasteiger partial charge in [0, 0.05) is 43.7 Å². The molecule has 1 saturated heterocycles. The molecule has 1 aromatic heterocycles. The van der Waals surface area contributed by atoms with Crippen LogP contribution in [0, 0.1) is 0 Å². The molecule has 0 radical (unpaired) electrons. The molecule has 4 rings (SSSR count). The van der Waals surface area contributed by atoms with Crippen LogP contribution in [-0.4, -0.2) is 61.1 Å². The summed E-state index contributed by atoms with van der Waals surface area (Å²) in [5, 5.41) is 1.36. The SMILES string of the molecule is COc1ccc(OC)c(CN2CCN(C(=O)c3cc4ccccc4c(=O)[nH]3)CC2)c1. The van der Waals surface area contributed by atoms with Crippen molar-refractivity contribution in [3.05, 3.63) is 70.1 Å². The number of nitrogens with zero attached hydrogens (tertiary/aromatic N) is 2. The zero-order valence-electron chi connectivity index (χ0n) is 17.2. The Hall–Kier alpha value is -3.32. The number of aromatic amines is 1. The fraction of sp³-hybridized carbons (Fsp3) is 0.304. The van der Waals surface area contributed by atoms with E-state index in [0.29, 0.717) is 24.2 Å². The van der Waals surface area contributed by atoms with Gasteiger partial charge in [-0.05, 0) is 35.7 Å². The molecule has 30 heavy (non-hydrogen) atoms. The van der Waals surface area contributed by atoms with E-state index in [4.69, 9.17) is 9.47 Å². The Kier molecular flexibility index (Phi) is 5.72. The van der Waals surface area contributed by atoms with Gasteiger partial charge in [-0.15, -0.1) is 0 Å². The molecular weight excluding hydrogens is 382 g/mol. The Balaban J connectivity index is 1.44. The van der Waals surface area contributed by atoms with E-state index in [9.17, 15) is 9.59 Å². The van der Waals surface area contributed by atoms with E-state index in [1.54, 1.807) is 31.3 Å². The van der Waals surface area contributed by atoms with Crippen molar-refractivity contribution in [1.29, 1.82) is 0 Å². The van der Waals surface area contributed by atoms with Crippen molar-refractivity contribution in [3.8, 4) is 11.5 Å². The predicted octanol–water partition coefficient (Wildman–Crippen LogP) is 2.50. The number of fused-ring (bicyclic) bond motifs is 1. The lowest BCUT2D eigenvalue weighted by molar-refractivity contribution is 0.0621. The van der Waals surface area contributed by atoms with Crippen molar-refractivity contribution in [3.63, 3.8) is 0 Å². The van der Waals surface area contributed by atoms with Crippen LogP contribution in [0.2, 0.25) is 0 Å². The van der Waals surface area contributed by atoms with E-state index < -0.39 is 0 Å². The molecule has 7 heteroatoms. The van der Waals surface area contributed by atoms with Gasteiger partial charge in [-0.2, -0.15) is 0 Å². The number of methoxy groups -OCH3 is 2. The number of hydrogen-bond acceptors (Lipinski definition) is 5. The molecule has 7 nitrogen and oxygen atoms in total. The van der Waals surface area contributed by atoms with Crippen LogP contribution in [0.3, 0.4) is 0 Å². The van der Waals surface area contributed by atoms with Crippen molar-refractivity contribution in [1.82, 2.24) is 14.8 Å². The van der Waals surface area contributed by atoms with Crippen molar-refractivity contribution in [2.75, 3.05) is 40.4 Å². The summed E-state index contributed by atoms with van der Waals surface area (Å²) in [4.78, 5) is 32.1. The molecule has 1 amide bonds. The summed E-state index contributed by atoms with van der Waals surface area (Å²) in [5.74, 6) is 1.47. The smallest absolute Gasteiger partial charge is 0.270 e. The Bertz CT molecular complexity index is 1120. The predicted molar refractivity (Wildman–Crippen MR) is 115 cm³/mol. The fourth-order valence-corrected chi connectivity index (χ4v) is 3.85. The highest BCUT2D eigenvalue weighted by Crippen LogP contribution is 2.25. The van der Waals surface area contributed by atoms with E-state index in [2.05, 4.69) is 9.88 Å². The van der Waals surface area contributed by atoms with Crippen molar-refractivity contribution in [2.45, 2.75) is 6.54 Å². The van der Waals surface area contributed by atoms with E-state index in [0.717, 1.165) is 42.1 Å². The molecule has 3 aromatic rings. The third-order valence-corrected chi connectivity index (χ3v) is 5.52. The Labute approximate surface area is 174 Å². The van der Waals surface area contributed by atoms with Crippen LogP contribution in [0.25, 0.3) is 10.8 Å². The average molecular weight is 407 g/mol. The second-order valence-corrected chi connectivity index (χ2v) is 7.35. The largest absolute Gasteiger partial charge is 0.497 e. The maximum atomic E-state index is 12.9. The first-order chi connectivity index (χ1) is 14.6. The number of amides is 1. The van der Waals surface area contributed by atoms with Gasteiger partial charge in [-0.3, -0.25) is 14.5 Å². The number of aromatic nitrogens is 1. The number of carbonyl (C=O) groups is 1. The molecule has 1 aliphatic rings. The molecule has 2 aromatic carbocycles. The Morgan fingerprint density at radius 2 is 1.77 bits per heavy atom. The first-order valence-electron chi connectivity index (χ1n) is 9.93. The van der Waals surface area contributed by atoms with Gasteiger partial charge in [0.05, 0.1) is 14.2 Å². The van der Waals surface area contributed by atoms with Gasteiger partial charge in [0.1, 0.15) is 17.2 Å². The first kappa shape index (κ1) is 20.0. The molecule has 0 unspecified atom stereocenters. The Morgan fingerprint density at radius 1 is 1.00 bits per heavy atom. The summed E-state index contributed by atoms with van der Waals surface area (Å²) in [6.07, 6.45) is 0. The number of piperazine rings is 1. The third kappa shape index (κ3) is 4.02. The first-order valence-corrected chi connectivity index (χ1v) is 9.93. The van der Waals surface area contributed by atoms with Gasteiger partial charge in [-0.25, -0.2) is 0 Å². The monoisotopic (exact) mass is 407 g/mol. The summed E-state index contributed by atoms with van der Waals surface area (Å²) in [7, 11) is 3.30. The van der Waals surface area contributed by atoms with Crippen LogP contribution in [0.1, 0.15) is 16.1 Å². The zero-order valence-corrected chi connectivity index (χ0v) is 17.2. The topological polar surface area (TPSA) is 74.9 Å². The van der Waals surface area contributed by atoms with Crippen LogP contribution in [0.5, 0.6) is 11.5 Å². The minimum atomic E-state index is -0.236. The van der Waals surface area contributed by atoms with Crippen LogP contribution in [0.4, 0.5) is 0 Å². The number of carbonyl (C=O) groups excluding carboxylic acids is 1. The molecule has 0 atom stereocenters. The highest BCUT2D eigenvalue weighted by Gasteiger charge is 2.24. The summed E-state index contributed by atoms with van der Waals surface area (Å²) < 4.78 is 10.8. The third-order valence-electron chi connectivity index (χ3n) is 5.52.